The lowest BCUT2D eigenvalue weighted by atomic mass is 9.77. The standard InChI is InChI=1S/C28H38O6/c1-7-21(5)31-25(29)27(9-3,33-23-17-13-11-14-18-23)28(10-4,26(30)32-22(6)8-2)34-24-19-15-12-16-20-24/h11-22H,7-10H2,1-6H3. The highest BCUT2D eigenvalue weighted by atomic mass is 16.6. The lowest BCUT2D eigenvalue weighted by Crippen LogP contribution is -2.70. The Hall–Kier alpha value is -3.02. The molecule has 0 aliphatic heterocycles. The number of carbonyl (C=O) groups is 2. The van der Waals surface area contributed by atoms with Crippen LogP contribution >= 0.6 is 0 Å². The second-order valence-corrected chi connectivity index (χ2v) is 8.44. The molecule has 0 aromatic heterocycles. The summed E-state index contributed by atoms with van der Waals surface area (Å²) in [5.41, 5.74) is -3.60. The van der Waals surface area contributed by atoms with Gasteiger partial charge in [-0.2, -0.15) is 0 Å². The smallest absolute Gasteiger partial charge is 0.355 e. The first-order valence-corrected chi connectivity index (χ1v) is 12.2. The molecule has 6 heteroatoms. The van der Waals surface area contributed by atoms with Gasteiger partial charge in [0.2, 0.25) is 0 Å². The Kier molecular flexibility index (Phi) is 9.97. The second kappa shape index (κ2) is 12.4. The van der Waals surface area contributed by atoms with Gasteiger partial charge in [0.15, 0.2) is 0 Å². The summed E-state index contributed by atoms with van der Waals surface area (Å²) in [6.45, 7) is 11.0. The van der Waals surface area contributed by atoms with Crippen molar-refractivity contribution in [2.75, 3.05) is 0 Å². The molecule has 0 N–H and O–H groups in total. The van der Waals surface area contributed by atoms with Crippen molar-refractivity contribution in [2.45, 2.75) is 90.6 Å². The Labute approximate surface area is 203 Å². The third kappa shape index (κ3) is 5.91. The van der Waals surface area contributed by atoms with Crippen LogP contribution in [0.4, 0.5) is 0 Å². The summed E-state index contributed by atoms with van der Waals surface area (Å²) in [5, 5.41) is 0. The van der Waals surface area contributed by atoms with Crippen LogP contribution in [0.5, 0.6) is 11.5 Å². The molecule has 0 aliphatic rings. The van der Waals surface area contributed by atoms with E-state index in [2.05, 4.69) is 0 Å². The number of ether oxygens (including phenoxy) is 4. The highest BCUT2D eigenvalue weighted by molar-refractivity contribution is 5.94. The minimum absolute atomic E-state index is 0.118. The molecule has 6 nitrogen and oxygen atoms in total. The summed E-state index contributed by atoms with van der Waals surface area (Å²) in [7, 11) is 0. The molecule has 186 valence electrons. The van der Waals surface area contributed by atoms with E-state index < -0.39 is 23.1 Å². The number of rotatable bonds is 13. The average Bonchev–Trinajstić information content (AvgIpc) is 2.86. The third-order valence-electron chi connectivity index (χ3n) is 6.14. The Morgan fingerprint density at radius 3 is 1.24 bits per heavy atom. The Bertz CT molecular complexity index is 824. The predicted molar refractivity (Wildman–Crippen MR) is 132 cm³/mol. The van der Waals surface area contributed by atoms with Crippen molar-refractivity contribution in [1.29, 1.82) is 0 Å². The summed E-state index contributed by atoms with van der Waals surface area (Å²) >= 11 is 0. The van der Waals surface area contributed by atoms with Crippen LogP contribution in [0.25, 0.3) is 0 Å². The first kappa shape index (κ1) is 27.2. The summed E-state index contributed by atoms with van der Waals surface area (Å²) in [6, 6.07) is 17.9. The zero-order valence-corrected chi connectivity index (χ0v) is 21.2. The number of esters is 2. The van der Waals surface area contributed by atoms with Gasteiger partial charge in [0.1, 0.15) is 11.5 Å². The minimum atomic E-state index is -1.80. The molecule has 0 radical (unpaired) electrons. The molecular formula is C28H38O6. The minimum Gasteiger partial charge on any atom is -0.471 e. The van der Waals surface area contributed by atoms with Crippen LogP contribution in [0.3, 0.4) is 0 Å². The third-order valence-corrected chi connectivity index (χ3v) is 6.14. The SMILES string of the molecule is CCC(C)OC(=O)C(CC)(Oc1ccccc1)C(CC)(Oc1ccccc1)C(=O)OC(C)CC. The van der Waals surface area contributed by atoms with Crippen LogP contribution in [-0.4, -0.2) is 35.3 Å². The monoisotopic (exact) mass is 470 g/mol. The van der Waals surface area contributed by atoms with Gasteiger partial charge < -0.3 is 18.9 Å². The normalized spacial score (nSPS) is 16.3. The summed E-state index contributed by atoms with van der Waals surface area (Å²) in [6.07, 6.45) is 0.741. The fourth-order valence-corrected chi connectivity index (χ4v) is 3.68. The van der Waals surface area contributed by atoms with Crippen molar-refractivity contribution >= 4 is 11.9 Å². The van der Waals surface area contributed by atoms with E-state index in [1.807, 2.05) is 39.8 Å². The van der Waals surface area contributed by atoms with Gasteiger partial charge in [-0.05, 0) is 51.0 Å². The van der Waals surface area contributed by atoms with E-state index in [1.165, 1.54) is 0 Å². The lowest BCUT2D eigenvalue weighted by Gasteiger charge is -2.45. The Morgan fingerprint density at radius 1 is 0.647 bits per heavy atom. The Morgan fingerprint density at radius 2 is 0.971 bits per heavy atom. The number of para-hydroxylation sites is 2. The van der Waals surface area contributed by atoms with E-state index in [1.54, 1.807) is 62.4 Å². The molecule has 0 bridgehead atoms. The summed E-state index contributed by atoms with van der Waals surface area (Å²) < 4.78 is 24.5. The first-order chi connectivity index (χ1) is 16.3. The quantitative estimate of drug-likeness (QED) is 0.328. The number of benzene rings is 2. The lowest BCUT2D eigenvalue weighted by molar-refractivity contribution is -0.209. The molecule has 0 heterocycles. The van der Waals surface area contributed by atoms with Crippen molar-refractivity contribution in [1.82, 2.24) is 0 Å². The molecule has 2 aromatic carbocycles. The van der Waals surface area contributed by atoms with Gasteiger partial charge in [-0.15, -0.1) is 0 Å². The largest absolute Gasteiger partial charge is 0.471 e. The highest BCUT2D eigenvalue weighted by Crippen LogP contribution is 2.41. The van der Waals surface area contributed by atoms with Crippen molar-refractivity contribution in [3.63, 3.8) is 0 Å². The fraction of sp³-hybridized carbons (Fsp3) is 0.500. The maximum atomic E-state index is 13.9. The molecular weight excluding hydrogens is 432 g/mol. The van der Waals surface area contributed by atoms with Crippen molar-refractivity contribution in [2.24, 2.45) is 0 Å². The number of hydrogen-bond acceptors (Lipinski definition) is 6. The zero-order chi connectivity index (χ0) is 25.2. The zero-order valence-electron chi connectivity index (χ0n) is 21.2. The molecule has 0 fully saturated rings. The van der Waals surface area contributed by atoms with Crippen molar-refractivity contribution in [3.8, 4) is 11.5 Å². The van der Waals surface area contributed by atoms with Crippen molar-refractivity contribution in [3.05, 3.63) is 60.7 Å². The number of carbonyl (C=O) groups excluding carboxylic acids is 2. The van der Waals surface area contributed by atoms with Crippen LogP contribution in [0.1, 0.15) is 67.2 Å². The van der Waals surface area contributed by atoms with Gasteiger partial charge in [0, 0.05) is 12.8 Å². The van der Waals surface area contributed by atoms with Gasteiger partial charge in [0.25, 0.3) is 11.2 Å². The number of hydrogen-bond donors (Lipinski definition) is 0. The second-order valence-electron chi connectivity index (χ2n) is 8.44. The highest BCUT2D eigenvalue weighted by Gasteiger charge is 2.66. The molecule has 0 spiro atoms. The molecule has 34 heavy (non-hydrogen) atoms. The molecule has 0 saturated carbocycles. The topological polar surface area (TPSA) is 71.1 Å². The van der Waals surface area contributed by atoms with Gasteiger partial charge in [-0.1, -0.05) is 64.1 Å². The molecule has 2 rings (SSSR count). The van der Waals surface area contributed by atoms with Gasteiger partial charge in [-0.25, -0.2) is 9.59 Å². The van der Waals surface area contributed by atoms with E-state index in [4.69, 9.17) is 18.9 Å². The summed E-state index contributed by atoms with van der Waals surface area (Å²) in [4.78, 5) is 27.8. The van der Waals surface area contributed by atoms with E-state index >= 15 is 0 Å². The van der Waals surface area contributed by atoms with Crippen LogP contribution in [0.15, 0.2) is 60.7 Å². The first-order valence-electron chi connectivity index (χ1n) is 12.2. The molecule has 2 aromatic rings. The van der Waals surface area contributed by atoms with E-state index in [0.717, 1.165) is 0 Å². The maximum absolute atomic E-state index is 13.9. The molecule has 4 atom stereocenters. The fourth-order valence-electron chi connectivity index (χ4n) is 3.68. The maximum Gasteiger partial charge on any atom is 0.355 e. The van der Waals surface area contributed by atoms with Gasteiger partial charge in [0.05, 0.1) is 12.2 Å². The average molecular weight is 471 g/mol. The Balaban J connectivity index is 2.75. The van der Waals surface area contributed by atoms with Crippen LogP contribution in [-0.2, 0) is 19.1 Å². The molecule has 0 amide bonds. The van der Waals surface area contributed by atoms with E-state index in [-0.39, 0.29) is 25.0 Å². The van der Waals surface area contributed by atoms with Crippen LogP contribution < -0.4 is 9.47 Å². The predicted octanol–water partition coefficient (Wildman–Crippen LogP) is 6.13. The summed E-state index contributed by atoms with van der Waals surface area (Å²) in [5.74, 6) is -0.466. The van der Waals surface area contributed by atoms with Crippen LogP contribution in [0, 0.1) is 0 Å². The van der Waals surface area contributed by atoms with Gasteiger partial charge in [-0.3, -0.25) is 0 Å². The van der Waals surface area contributed by atoms with E-state index in [9.17, 15) is 9.59 Å². The van der Waals surface area contributed by atoms with Gasteiger partial charge >= 0.3 is 11.9 Å². The van der Waals surface area contributed by atoms with Crippen LogP contribution in [0.2, 0.25) is 0 Å². The molecule has 0 saturated heterocycles. The molecule has 4 unspecified atom stereocenters. The van der Waals surface area contributed by atoms with E-state index in [0.29, 0.717) is 24.3 Å². The van der Waals surface area contributed by atoms with Crippen molar-refractivity contribution < 1.29 is 28.5 Å². The molecule has 0 aliphatic carbocycles.